The van der Waals surface area contributed by atoms with E-state index >= 15 is 0 Å². The maximum atomic E-state index is 12.5. The van der Waals surface area contributed by atoms with Crippen LogP contribution < -0.4 is 5.32 Å². The van der Waals surface area contributed by atoms with E-state index in [-0.39, 0.29) is 5.56 Å². The SMILES string of the molecule is Cc1nc(-c2ccc(CCNC(=O)c3ccc(S(=O)(=O)C(F)F)cc3)s2)cs1. The number of hydrogen-bond acceptors (Lipinski definition) is 6. The first-order valence-corrected chi connectivity index (χ1v) is 11.4. The van der Waals surface area contributed by atoms with Gasteiger partial charge in [0.25, 0.3) is 5.91 Å². The molecule has 2 aromatic heterocycles. The zero-order valence-electron chi connectivity index (χ0n) is 14.7. The number of halogens is 2. The van der Waals surface area contributed by atoms with E-state index in [0.29, 0.717) is 13.0 Å². The number of thiophene rings is 1. The summed E-state index contributed by atoms with van der Waals surface area (Å²) >= 11 is 3.20. The van der Waals surface area contributed by atoms with Gasteiger partial charge in [0.15, 0.2) is 0 Å². The fourth-order valence-corrected chi connectivity index (χ4v) is 4.80. The molecule has 0 unspecified atom stereocenters. The minimum absolute atomic E-state index is 0.207. The number of carbonyl (C=O) groups excluding carboxylic acids is 1. The lowest BCUT2D eigenvalue weighted by Gasteiger charge is -2.06. The Morgan fingerprint density at radius 2 is 1.89 bits per heavy atom. The molecule has 0 aliphatic heterocycles. The van der Waals surface area contributed by atoms with E-state index < -0.39 is 26.4 Å². The van der Waals surface area contributed by atoms with Crippen molar-refractivity contribution in [3.05, 3.63) is 57.2 Å². The van der Waals surface area contributed by atoms with Crippen LogP contribution in [0.2, 0.25) is 0 Å². The third-order valence-electron chi connectivity index (χ3n) is 3.87. The number of aromatic nitrogens is 1. The molecule has 0 bridgehead atoms. The van der Waals surface area contributed by atoms with Gasteiger partial charge in [-0.25, -0.2) is 13.4 Å². The van der Waals surface area contributed by atoms with Crippen LogP contribution in [0.25, 0.3) is 10.6 Å². The number of alkyl halides is 2. The zero-order chi connectivity index (χ0) is 20.3. The molecule has 5 nitrogen and oxygen atoms in total. The molecule has 0 spiro atoms. The highest BCUT2D eigenvalue weighted by atomic mass is 32.2. The fourth-order valence-electron chi connectivity index (χ4n) is 2.43. The number of aryl methyl sites for hydroxylation is 1. The molecule has 3 rings (SSSR count). The summed E-state index contributed by atoms with van der Waals surface area (Å²) in [6.07, 6.45) is 0.636. The number of amides is 1. The van der Waals surface area contributed by atoms with Crippen molar-refractivity contribution in [3.63, 3.8) is 0 Å². The summed E-state index contributed by atoms with van der Waals surface area (Å²) in [7, 11) is -4.66. The van der Waals surface area contributed by atoms with E-state index in [4.69, 9.17) is 0 Å². The van der Waals surface area contributed by atoms with Crippen molar-refractivity contribution in [3.8, 4) is 10.6 Å². The average molecular weight is 443 g/mol. The average Bonchev–Trinajstić information content (AvgIpc) is 3.30. The normalized spacial score (nSPS) is 11.7. The number of hydrogen-bond donors (Lipinski definition) is 1. The lowest BCUT2D eigenvalue weighted by atomic mass is 10.2. The molecule has 0 saturated carbocycles. The molecule has 10 heteroatoms. The zero-order valence-corrected chi connectivity index (χ0v) is 17.1. The summed E-state index contributed by atoms with van der Waals surface area (Å²) in [6, 6.07) is 8.45. The fraction of sp³-hybridized carbons (Fsp3) is 0.222. The van der Waals surface area contributed by atoms with E-state index in [1.54, 1.807) is 22.7 Å². The Morgan fingerprint density at radius 1 is 1.18 bits per heavy atom. The van der Waals surface area contributed by atoms with Gasteiger partial charge < -0.3 is 5.32 Å². The number of sulfone groups is 1. The molecule has 1 N–H and O–H groups in total. The standard InChI is InChI=1S/C18H16F2N2O3S3/c1-11-22-15(10-26-11)16-7-4-13(27-16)8-9-21-17(23)12-2-5-14(6-3-12)28(24,25)18(19)20/h2-7,10,18H,8-9H2,1H3,(H,21,23). The summed E-state index contributed by atoms with van der Waals surface area (Å²) < 4.78 is 47.8. The van der Waals surface area contributed by atoms with E-state index in [9.17, 15) is 22.0 Å². The molecule has 0 radical (unpaired) electrons. The molecule has 0 atom stereocenters. The van der Waals surface area contributed by atoms with Gasteiger partial charge in [-0.3, -0.25) is 4.79 Å². The molecule has 1 amide bonds. The van der Waals surface area contributed by atoms with Crippen molar-refractivity contribution in [1.29, 1.82) is 0 Å². The maximum absolute atomic E-state index is 12.5. The van der Waals surface area contributed by atoms with Crippen LogP contribution in [-0.4, -0.2) is 31.6 Å². The summed E-state index contributed by atoms with van der Waals surface area (Å²) in [4.78, 5) is 18.2. The molecular formula is C18H16F2N2O3S3. The van der Waals surface area contributed by atoms with Crippen molar-refractivity contribution in [2.45, 2.75) is 24.0 Å². The molecule has 3 aromatic rings. The van der Waals surface area contributed by atoms with Gasteiger partial charge in [-0.1, -0.05) is 0 Å². The number of nitrogens with one attached hydrogen (secondary N) is 1. The van der Waals surface area contributed by atoms with Crippen LogP contribution in [0.3, 0.4) is 0 Å². The predicted molar refractivity (Wildman–Crippen MR) is 106 cm³/mol. The van der Waals surface area contributed by atoms with Crippen LogP contribution in [-0.2, 0) is 16.3 Å². The van der Waals surface area contributed by atoms with Crippen molar-refractivity contribution < 1.29 is 22.0 Å². The Kier molecular flexibility index (Phi) is 6.21. The second-order valence-corrected chi connectivity index (χ2v) is 10.0. The second-order valence-electron chi connectivity index (χ2n) is 5.85. The Bertz CT molecular complexity index is 1070. The van der Waals surface area contributed by atoms with Gasteiger partial charge >= 0.3 is 5.76 Å². The maximum Gasteiger partial charge on any atom is 0.341 e. The summed E-state index contributed by atoms with van der Waals surface area (Å²) in [6.45, 7) is 2.35. The molecule has 148 valence electrons. The van der Waals surface area contributed by atoms with Crippen molar-refractivity contribution in [1.82, 2.24) is 10.3 Å². The quantitative estimate of drug-likeness (QED) is 0.596. The van der Waals surface area contributed by atoms with Crippen molar-refractivity contribution in [2.24, 2.45) is 0 Å². The monoisotopic (exact) mass is 442 g/mol. The third kappa shape index (κ3) is 4.62. The smallest absolute Gasteiger partial charge is 0.341 e. The lowest BCUT2D eigenvalue weighted by molar-refractivity contribution is 0.0954. The van der Waals surface area contributed by atoms with Gasteiger partial charge in [0.1, 0.15) is 0 Å². The van der Waals surface area contributed by atoms with Crippen LogP contribution in [0.5, 0.6) is 0 Å². The van der Waals surface area contributed by atoms with E-state index in [1.165, 1.54) is 12.1 Å². The first-order valence-electron chi connectivity index (χ1n) is 8.19. The molecular weight excluding hydrogens is 426 g/mol. The Morgan fingerprint density at radius 3 is 2.50 bits per heavy atom. The highest BCUT2D eigenvalue weighted by molar-refractivity contribution is 7.91. The van der Waals surface area contributed by atoms with Crippen molar-refractivity contribution in [2.75, 3.05) is 6.54 Å². The minimum Gasteiger partial charge on any atom is -0.352 e. The van der Waals surface area contributed by atoms with Gasteiger partial charge in [0.2, 0.25) is 9.84 Å². The highest BCUT2D eigenvalue weighted by Crippen LogP contribution is 2.29. The molecule has 0 aliphatic rings. The number of nitrogens with zero attached hydrogens (tertiary/aromatic N) is 1. The van der Waals surface area contributed by atoms with Gasteiger partial charge in [-0.05, 0) is 49.7 Å². The molecule has 1 aromatic carbocycles. The first-order chi connectivity index (χ1) is 13.3. The molecule has 0 aliphatic carbocycles. The third-order valence-corrected chi connectivity index (χ3v) is 7.21. The largest absolute Gasteiger partial charge is 0.352 e. The van der Waals surface area contributed by atoms with Crippen molar-refractivity contribution >= 4 is 38.4 Å². The van der Waals surface area contributed by atoms with Crippen LogP contribution in [0.1, 0.15) is 20.2 Å². The van der Waals surface area contributed by atoms with E-state index in [1.807, 2.05) is 24.4 Å². The molecule has 0 saturated heterocycles. The molecule has 28 heavy (non-hydrogen) atoms. The van der Waals surface area contributed by atoms with E-state index in [2.05, 4.69) is 10.3 Å². The molecule has 2 heterocycles. The number of benzene rings is 1. The van der Waals surface area contributed by atoms with Crippen LogP contribution in [0.15, 0.2) is 46.7 Å². The summed E-state index contributed by atoms with van der Waals surface area (Å²) in [5.41, 5.74) is 1.15. The molecule has 0 fully saturated rings. The van der Waals surface area contributed by atoms with Gasteiger partial charge in [0, 0.05) is 22.4 Å². The predicted octanol–water partition coefficient (Wildman–Crippen LogP) is 4.15. The Balaban J connectivity index is 1.55. The number of rotatable bonds is 7. The Hall–Kier alpha value is -2.17. The van der Waals surface area contributed by atoms with Crippen LogP contribution in [0, 0.1) is 6.92 Å². The summed E-state index contributed by atoms with van der Waals surface area (Å²) in [5.74, 6) is -3.89. The number of thiazole rings is 1. The van der Waals surface area contributed by atoms with Crippen LogP contribution >= 0.6 is 22.7 Å². The highest BCUT2D eigenvalue weighted by Gasteiger charge is 2.26. The summed E-state index contributed by atoms with van der Waals surface area (Å²) in [5, 5.41) is 5.75. The van der Waals surface area contributed by atoms with Gasteiger partial charge in [-0.2, -0.15) is 8.78 Å². The second kappa shape index (κ2) is 8.46. The van der Waals surface area contributed by atoms with Crippen LogP contribution in [0.4, 0.5) is 8.78 Å². The number of carbonyl (C=O) groups is 1. The van der Waals surface area contributed by atoms with Gasteiger partial charge in [0.05, 0.1) is 20.5 Å². The topological polar surface area (TPSA) is 76.1 Å². The first kappa shape index (κ1) is 20.6. The minimum atomic E-state index is -4.66. The lowest BCUT2D eigenvalue weighted by Crippen LogP contribution is -2.25. The Labute approximate surface area is 169 Å². The van der Waals surface area contributed by atoms with E-state index in [0.717, 1.165) is 32.6 Å². The van der Waals surface area contributed by atoms with Gasteiger partial charge in [-0.15, -0.1) is 22.7 Å².